The van der Waals surface area contributed by atoms with Crippen molar-refractivity contribution in [3.63, 3.8) is 0 Å². The molecule has 1 aromatic carbocycles. The summed E-state index contributed by atoms with van der Waals surface area (Å²) in [7, 11) is 0. The van der Waals surface area contributed by atoms with Crippen LogP contribution in [0.15, 0.2) is 24.3 Å². The molecule has 1 N–H and O–H groups in total. The van der Waals surface area contributed by atoms with Gasteiger partial charge in [-0.1, -0.05) is 18.2 Å². The molecule has 2 aliphatic heterocycles. The summed E-state index contributed by atoms with van der Waals surface area (Å²) in [5.74, 6) is 0.239. The normalized spacial score (nSPS) is 22.4. The average molecular weight is 246 g/mol. The number of nitrogens with one attached hydrogen (secondary N) is 1. The Morgan fingerprint density at radius 2 is 2.11 bits per heavy atom. The van der Waals surface area contributed by atoms with Gasteiger partial charge in [-0.25, -0.2) is 0 Å². The first-order chi connectivity index (χ1) is 8.83. The Hall–Kier alpha value is -1.55. The van der Waals surface area contributed by atoms with E-state index >= 15 is 0 Å². The molecule has 0 saturated carbocycles. The van der Waals surface area contributed by atoms with Gasteiger partial charge in [-0.05, 0) is 18.1 Å². The Kier molecular flexibility index (Phi) is 3.19. The quantitative estimate of drug-likeness (QED) is 0.854. The van der Waals surface area contributed by atoms with Crippen LogP contribution in [0.2, 0.25) is 0 Å². The Balaban J connectivity index is 1.57. The average Bonchev–Trinajstić information content (AvgIpc) is 2.82. The topological polar surface area (TPSA) is 41.6 Å². The zero-order valence-electron chi connectivity index (χ0n) is 10.4. The van der Waals surface area contributed by atoms with Crippen molar-refractivity contribution >= 4 is 11.6 Å². The number of hydrogen-bond donors (Lipinski definition) is 1. The van der Waals surface area contributed by atoms with E-state index in [-0.39, 0.29) is 11.9 Å². The lowest BCUT2D eigenvalue weighted by atomic mass is 10.1. The maximum absolute atomic E-state index is 12.1. The number of benzene rings is 1. The highest BCUT2D eigenvalue weighted by atomic mass is 16.5. The standard InChI is InChI=1S/C14H18N2O2/c17-14(16-5-7-18-8-6-16)10-12-9-11-3-1-2-4-13(11)15-12/h1-4,12,15H,5-10H2. The van der Waals surface area contributed by atoms with Crippen molar-refractivity contribution in [2.24, 2.45) is 0 Å². The maximum Gasteiger partial charge on any atom is 0.224 e. The second kappa shape index (κ2) is 4.98. The number of para-hydroxylation sites is 1. The summed E-state index contributed by atoms with van der Waals surface area (Å²) in [6, 6.07) is 8.53. The van der Waals surface area contributed by atoms with Crippen LogP contribution in [-0.4, -0.2) is 43.2 Å². The van der Waals surface area contributed by atoms with E-state index in [9.17, 15) is 4.79 Å². The van der Waals surface area contributed by atoms with E-state index < -0.39 is 0 Å². The minimum atomic E-state index is 0.239. The van der Waals surface area contributed by atoms with Crippen molar-refractivity contribution in [2.45, 2.75) is 18.9 Å². The van der Waals surface area contributed by atoms with Crippen molar-refractivity contribution in [3.8, 4) is 0 Å². The predicted octanol–water partition coefficient (Wildman–Crippen LogP) is 1.27. The Morgan fingerprint density at radius 3 is 2.89 bits per heavy atom. The van der Waals surface area contributed by atoms with Gasteiger partial charge in [0.05, 0.1) is 13.2 Å². The lowest BCUT2D eigenvalue weighted by Crippen LogP contribution is -2.42. The van der Waals surface area contributed by atoms with Crippen LogP contribution in [0, 0.1) is 0 Å². The van der Waals surface area contributed by atoms with E-state index in [1.54, 1.807) is 0 Å². The van der Waals surface area contributed by atoms with Crippen LogP contribution < -0.4 is 5.32 Å². The number of anilines is 1. The highest BCUT2D eigenvalue weighted by Gasteiger charge is 2.25. The number of fused-ring (bicyclic) bond motifs is 1. The number of carbonyl (C=O) groups excluding carboxylic acids is 1. The Morgan fingerprint density at radius 1 is 1.33 bits per heavy atom. The molecule has 1 saturated heterocycles. The molecule has 3 rings (SSSR count). The van der Waals surface area contributed by atoms with E-state index in [1.165, 1.54) is 11.3 Å². The monoisotopic (exact) mass is 246 g/mol. The van der Waals surface area contributed by atoms with Crippen molar-refractivity contribution in [2.75, 3.05) is 31.6 Å². The van der Waals surface area contributed by atoms with Gasteiger partial charge >= 0.3 is 0 Å². The smallest absolute Gasteiger partial charge is 0.224 e. The van der Waals surface area contributed by atoms with Gasteiger partial charge < -0.3 is 15.0 Å². The molecule has 4 nitrogen and oxygen atoms in total. The summed E-state index contributed by atoms with van der Waals surface area (Å²) < 4.78 is 5.26. The summed E-state index contributed by atoms with van der Waals surface area (Å²) in [5.41, 5.74) is 2.49. The van der Waals surface area contributed by atoms with Gasteiger partial charge in [0.25, 0.3) is 0 Å². The van der Waals surface area contributed by atoms with Gasteiger partial charge in [0.15, 0.2) is 0 Å². The lowest BCUT2D eigenvalue weighted by molar-refractivity contribution is -0.135. The van der Waals surface area contributed by atoms with Crippen LogP contribution in [0.3, 0.4) is 0 Å². The first-order valence-electron chi connectivity index (χ1n) is 6.53. The number of amides is 1. The highest BCUT2D eigenvalue weighted by Crippen LogP contribution is 2.26. The third-order valence-electron chi connectivity index (χ3n) is 3.63. The number of morpholine rings is 1. The van der Waals surface area contributed by atoms with E-state index in [2.05, 4.69) is 17.4 Å². The minimum Gasteiger partial charge on any atom is -0.381 e. The number of nitrogens with zero attached hydrogens (tertiary/aromatic N) is 1. The molecule has 1 atom stereocenters. The summed E-state index contributed by atoms with van der Waals surface area (Å²) in [6.45, 7) is 2.81. The van der Waals surface area contributed by atoms with E-state index in [1.807, 2.05) is 17.0 Å². The van der Waals surface area contributed by atoms with Crippen molar-refractivity contribution in [3.05, 3.63) is 29.8 Å². The van der Waals surface area contributed by atoms with Gasteiger partial charge in [-0.3, -0.25) is 4.79 Å². The molecule has 0 bridgehead atoms. The molecule has 4 heteroatoms. The van der Waals surface area contributed by atoms with Gasteiger partial charge in [0.1, 0.15) is 0 Å². The maximum atomic E-state index is 12.1. The van der Waals surface area contributed by atoms with Gasteiger partial charge in [0, 0.05) is 31.2 Å². The fraction of sp³-hybridized carbons (Fsp3) is 0.500. The van der Waals surface area contributed by atoms with Crippen molar-refractivity contribution in [1.29, 1.82) is 0 Å². The minimum absolute atomic E-state index is 0.239. The van der Waals surface area contributed by atoms with E-state index in [0.717, 1.165) is 19.5 Å². The molecule has 0 spiro atoms. The van der Waals surface area contributed by atoms with Gasteiger partial charge in [0.2, 0.25) is 5.91 Å². The fourth-order valence-electron chi connectivity index (χ4n) is 2.65. The number of carbonyl (C=O) groups is 1. The molecule has 0 aromatic heterocycles. The molecule has 18 heavy (non-hydrogen) atoms. The van der Waals surface area contributed by atoms with Crippen LogP contribution in [-0.2, 0) is 16.0 Å². The van der Waals surface area contributed by atoms with Crippen LogP contribution in [0.5, 0.6) is 0 Å². The van der Waals surface area contributed by atoms with Crippen LogP contribution in [0.4, 0.5) is 5.69 Å². The molecule has 2 heterocycles. The third kappa shape index (κ3) is 2.34. The first kappa shape index (κ1) is 11.5. The van der Waals surface area contributed by atoms with Crippen molar-refractivity contribution < 1.29 is 9.53 Å². The SMILES string of the molecule is O=C(CC1Cc2ccccc2N1)N1CCOCC1. The van der Waals surface area contributed by atoms with Crippen LogP contribution >= 0.6 is 0 Å². The molecule has 1 amide bonds. The summed E-state index contributed by atoms with van der Waals surface area (Å²) >= 11 is 0. The summed E-state index contributed by atoms with van der Waals surface area (Å²) in [4.78, 5) is 14.0. The number of rotatable bonds is 2. The summed E-state index contributed by atoms with van der Waals surface area (Å²) in [5, 5.41) is 3.43. The lowest BCUT2D eigenvalue weighted by Gasteiger charge is -2.27. The molecular formula is C14H18N2O2. The van der Waals surface area contributed by atoms with Gasteiger partial charge in [-0.15, -0.1) is 0 Å². The second-order valence-electron chi connectivity index (χ2n) is 4.90. The predicted molar refractivity (Wildman–Crippen MR) is 69.6 cm³/mol. The zero-order chi connectivity index (χ0) is 12.4. The zero-order valence-corrected chi connectivity index (χ0v) is 10.4. The van der Waals surface area contributed by atoms with Gasteiger partial charge in [-0.2, -0.15) is 0 Å². The molecule has 0 aliphatic carbocycles. The molecule has 1 fully saturated rings. The van der Waals surface area contributed by atoms with Crippen LogP contribution in [0.1, 0.15) is 12.0 Å². The molecule has 2 aliphatic rings. The molecule has 0 radical (unpaired) electrons. The molecule has 1 unspecified atom stereocenters. The Bertz CT molecular complexity index is 416. The van der Waals surface area contributed by atoms with Crippen molar-refractivity contribution in [1.82, 2.24) is 4.90 Å². The second-order valence-corrected chi connectivity index (χ2v) is 4.90. The number of ether oxygens (including phenoxy) is 1. The molecular weight excluding hydrogens is 228 g/mol. The summed E-state index contributed by atoms with van der Waals surface area (Å²) in [6.07, 6.45) is 1.53. The molecule has 96 valence electrons. The van der Waals surface area contributed by atoms with E-state index in [0.29, 0.717) is 19.6 Å². The third-order valence-corrected chi connectivity index (χ3v) is 3.63. The number of hydrogen-bond acceptors (Lipinski definition) is 3. The molecule has 1 aromatic rings. The van der Waals surface area contributed by atoms with E-state index in [4.69, 9.17) is 4.74 Å². The van der Waals surface area contributed by atoms with Crippen LogP contribution in [0.25, 0.3) is 0 Å². The highest BCUT2D eigenvalue weighted by molar-refractivity contribution is 5.78. The largest absolute Gasteiger partial charge is 0.381 e. The Labute approximate surface area is 107 Å². The first-order valence-corrected chi connectivity index (χ1v) is 6.53. The fourth-order valence-corrected chi connectivity index (χ4v) is 2.65.